The second kappa shape index (κ2) is 7.55. The standard InChI is InChI=1S/C34H19N3O2/c1-4-10-27-22(7-1)23-8-2-5-11-28(23)37(27)34-33-32(35-19-36-34)26-18-21(14-16-31(26)39-33)20-13-15-30-25(17-20)24-9-3-6-12-29(24)38-30/h1-19H/i1D,2D,3D,4D,5D,6D,7D,8D,9D,10D,11D,12D,13D,15D,17D. The van der Waals surface area contributed by atoms with Crippen LogP contribution in [0, 0.1) is 0 Å². The van der Waals surface area contributed by atoms with E-state index in [0.717, 1.165) is 6.33 Å². The Labute approximate surface area is 242 Å². The lowest BCUT2D eigenvalue weighted by molar-refractivity contribution is 0.662. The number of furan rings is 2. The lowest BCUT2D eigenvalue weighted by Crippen LogP contribution is -1.98. The number of para-hydroxylation sites is 3. The molecule has 0 saturated carbocycles. The highest BCUT2D eigenvalue weighted by atomic mass is 16.3. The van der Waals surface area contributed by atoms with Crippen LogP contribution in [0.2, 0.25) is 0 Å². The molecule has 9 rings (SSSR count). The highest BCUT2D eigenvalue weighted by Gasteiger charge is 2.19. The van der Waals surface area contributed by atoms with Gasteiger partial charge in [-0.05, 0) is 53.5 Å². The van der Waals surface area contributed by atoms with Gasteiger partial charge in [0.15, 0.2) is 11.4 Å². The van der Waals surface area contributed by atoms with E-state index in [1.54, 1.807) is 6.07 Å². The minimum Gasteiger partial charge on any atom is -0.456 e. The molecule has 39 heavy (non-hydrogen) atoms. The Morgan fingerprint density at radius 2 is 1.31 bits per heavy atom. The van der Waals surface area contributed by atoms with Crippen molar-refractivity contribution in [2.24, 2.45) is 0 Å². The van der Waals surface area contributed by atoms with E-state index in [-0.39, 0.29) is 83.4 Å². The fraction of sp³-hybridized carbons (Fsp3) is 0. The fourth-order valence-electron chi connectivity index (χ4n) is 4.96. The van der Waals surface area contributed by atoms with Crippen LogP contribution in [0.25, 0.3) is 82.8 Å². The first kappa shape index (κ1) is 11.1. The van der Waals surface area contributed by atoms with Gasteiger partial charge in [0.05, 0.1) is 31.6 Å². The summed E-state index contributed by atoms with van der Waals surface area (Å²) >= 11 is 0. The van der Waals surface area contributed by atoms with Crippen LogP contribution in [0.4, 0.5) is 0 Å². The molecule has 0 unspecified atom stereocenters. The van der Waals surface area contributed by atoms with Gasteiger partial charge in [-0.2, -0.15) is 0 Å². The minimum absolute atomic E-state index is 0.0195. The molecule has 0 spiro atoms. The molecule has 0 aliphatic heterocycles. The van der Waals surface area contributed by atoms with Crippen LogP contribution in [0.5, 0.6) is 0 Å². The van der Waals surface area contributed by atoms with Crippen LogP contribution in [0.15, 0.2) is 124 Å². The van der Waals surface area contributed by atoms with Crippen molar-refractivity contribution < 1.29 is 29.4 Å². The van der Waals surface area contributed by atoms with Gasteiger partial charge in [0.25, 0.3) is 0 Å². The maximum absolute atomic E-state index is 9.17. The van der Waals surface area contributed by atoms with Crippen molar-refractivity contribution in [3.8, 4) is 16.9 Å². The van der Waals surface area contributed by atoms with Gasteiger partial charge < -0.3 is 8.83 Å². The molecule has 0 fully saturated rings. The van der Waals surface area contributed by atoms with Gasteiger partial charge >= 0.3 is 0 Å². The Kier molecular flexibility index (Phi) is 2.16. The third-order valence-electron chi connectivity index (χ3n) is 6.65. The molecular weight excluding hydrogens is 482 g/mol. The Morgan fingerprint density at radius 3 is 2.13 bits per heavy atom. The van der Waals surface area contributed by atoms with Crippen molar-refractivity contribution in [3.63, 3.8) is 0 Å². The van der Waals surface area contributed by atoms with Gasteiger partial charge in [0, 0.05) is 26.9 Å². The summed E-state index contributed by atoms with van der Waals surface area (Å²) in [6.07, 6.45) is 1.15. The van der Waals surface area contributed by atoms with E-state index in [0.29, 0.717) is 5.39 Å². The Hall–Kier alpha value is -5.42. The smallest absolute Gasteiger partial charge is 0.197 e. The van der Waals surface area contributed by atoms with Crippen molar-refractivity contribution in [3.05, 3.63) is 115 Å². The molecule has 9 aromatic rings. The van der Waals surface area contributed by atoms with Crippen LogP contribution in [0.3, 0.4) is 0 Å². The van der Waals surface area contributed by atoms with Gasteiger partial charge in [0.1, 0.15) is 28.6 Å². The summed E-state index contributed by atoms with van der Waals surface area (Å²) in [5, 5.41) is -0.102. The van der Waals surface area contributed by atoms with Crippen molar-refractivity contribution in [2.75, 3.05) is 0 Å². The number of hydrogen-bond acceptors (Lipinski definition) is 4. The largest absolute Gasteiger partial charge is 0.456 e. The predicted molar refractivity (Wildman–Crippen MR) is 156 cm³/mol. The normalized spacial score (nSPS) is 17.5. The molecule has 4 aromatic heterocycles. The third kappa shape index (κ3) is 2.84. The van der Waals surface area contributed by atoms with Crippen molar-refractivity contribution >= 4 is 65.8 Å². The van der Waals surface area contributed by atoms with E-state index in [2.05, 4.69) is 9.97 Å². The van der Waals surface area contributed by atoms with E-state index >= 15 is 0 Å². The topological polar surface area (TPSA) is 57.0 Å². The lowest BCUT2D eigenvalue weighted by Gasteiger charge is -2.06. The molecule has 182 valence electrons. The Morgan fingerprint density at radius 1 is 0.590 bits per heavy atom. The third-order valence-corrected chi connectivity index (χ3v) is 6.65. The number of fused-ring (bicyclic) bond motifs is 9. The molecule has 0 amide bonds. The number of nitrogens with zero attached hydrogens (tertiary/aromatic N) is 3. The van der Waals surface area contributed by atoms with Crippen LogP contribution in [0.1, 0.15) is 20.6 Å². The van der Waals surface area contributed by atoms with Crippen LogP contribution in [-0.4, -0.2) is 14.5 Å². The second-order valence-electron chi connectivity index (χ2n) is 8.73. The summed E-state index contributed by atoms with van der Waals surface area (Å²) in [5.41, 5.74) is -0.205. The molecule has 0 atom stereocenters. The summed E-state index contributed by atoms with van der Waals surface area (Å²) in [6.45, 7) is 0. The fourth-order valence-corrected chi connectivity index (χ4v) is 4.96. The average molecular weight is 517 g/mol. The number of rotatable bonds is 2. The highest BCUT2D eigenvalue weighted by molar-refractivity contribution is 6.12. The summed E-state index contributed by atoms with van der Waals surface area (Å²) in [6, 6.07) is -3.04. The van der Waals surface area contributed by atoms with Crippen LogP contribution < -0.4 is 0 Å². The zero-order chi connectivity index (χ0) is 38.6. The molecule has 5 heteroatoms. The van der Waals surface area contributed by atoms with Crippen molar-refractivity contribution in [2.45, 2.75) is 0 Å². The molecule has 0 aliphatic rings. The predicted octanol–water partition coefficient (Wildman–Crippen LogP) is 9.04. The van der Waals surface area contributed by atoms with Gasteiger partial charge in [0.2, 0.25) is 0 Å². The zero-order valence-corrected chi connectivity index (χ0v) is 19.5. The lowest BCUT2D eigenvalue weighted by atomic mass is 10.0. The van der Waals surface area contributed by atoms with Crippen molar-refractivity contribution in [1.29, 1.82) is 0 Å². The molecule has 0 aliphatic carbocycles. The maximum atomic E-state index is 9.17. The first-order valence-electron chi connectivity index (χ1n) is 19.2. The second-order valence-corrected chi connectivity index (χ2v) is 8.73. The van der Waals surface area contributed by atoms with E-state index in [1.165, 1.54) is 16.7 Å². The Balaban J connectivity index is 1.36. The first-order chi connectivity index (χ1) is 25.6. The maximum Gasteiger partial charge on any atom is 0.197 e. The summed E-state index contributed by atoms with van der Waals surface area (Å²) < 4.78 is 141. The van der Waals surface area contributed by atoms with Crippen LogP contribution in [-0.2, 0) is 0 Å². The zero-order valence-electron chi connectivity index (χ0n) is 34.5. The molecule has 0 radical (unpaired) electrons. The monoisotopic (exact) mass is 516 g/mol. The molecule has 5 nitrogen and oxygen atoms in total. The molecule has 0 N–H and O–H groups in total. The van der Waals surface area contributed by atoms with Crippen LogP contribution >= 0.6 is 0 Å². The van der Waals surface area contributed by atoms with E-state index in [1.807, 2.05) is 0 Å². The summed E-state index contributed by atoms with van der Waals surface area (Å²) in [7, 11) is 0. The van der Waals surface area contributed by atoms with Gasteiger partial charge in [-0.15, -0.1) is 0 Å². The van der Waals surface area contributed by atoms with Gasteiger partial charge in [-0.1, -0.05) is 66.5 Å². The number of benzene rings is 5. The summed E-state index contributed by atoms with van der Waals surface area (Å²) in [5.74, 6) is -0.0935. The quantitative estimate of drug-likeness (QED) is 0.230. The number of aromatic nitrogens is 3. The SMILES string of the molecule is [2H]c1c([2H])c([2H])c2c(oc3c([2H])c([2H])c(-c4ccc5oc6c(-n7c8c([2H])c([2H])c([2H])c([2H])c8c8c([2H])c([2H])c([2H])c([2H])c87)ncnc6c5c4)c([2H])c32)c1[2H]. The number of hydrogen-bond donors (Lipinski definition) is 0. The molecule has 5 aromatic carbocycles. The molecule has 0 saturated heterocycles. The van der Waals surface area contributed by atoms with E-state index in [4.69, 9.17) is 29.4 Å². The van der Waals surface area contributed by atoms with E-state index < -0.39 is 84.6 Å². The van der Waals surface area contributed by atoms with Crippen molar-refractivity contribution in [1.82, 2.24) is 14.5 Å². The highest BCUT2D eigenvalue weighted by Crippen LogP contribution is 2.38. The first-order valence-corrected chi connectivity index (χ1v) is 11.7. The van der Waals surface area contributed by atoms with Gasteiger partial charge in [-0.25, -0.2) is 9.97 Å². The minimum atomic E-state index is -0.601. The van der Waals surface area contributed by atoms with Gasteiger partial charge in [-0.3, -0.25) is 4.57 Å². The average Bonchev–Trinajstić information content (AvgIpc) is 3.86. The molecule has 4 heterocycles. The summed E-state index contributed by atoms with van der Waals surface area (Å²) in [4.78, 5) is 8.80. The molecule has 0 bridgehead atoms. The molecular formula is C34H19N3O2. The van der Waals surface area contributed by atoms with E-state index in [9.17, 15) is 0 Å². The Bertz CT molecular complexity index is 3160.